The zero-order valence-electron chi connectivity index (χ0n) is 22.9. The molecule has 8 heteroatoms. The molecule has 35 heavy (non-hydrogen) atoms. The maximum Gasteiger partial charge on any atom is 0.410 e. The summed E-state index contributed by atoms with van der Waals surface area (Å²) in [7, 11) is -3.04. The lowest BCUT2D eigenvalue weighted by atomic mass is 9.94. The number of likely N-dealkylation sites (tertiary alicyclic amines) is 1. The molecule has 0 aromatic heterocycles. The van der Waals surface area contributed by atoms with Crippen LogP contribution in [0.5, 0.6) is 0 Å². The molecule has 0 spiro atoms. The molecule has 1 fully saturated rings. The second kappa shape index (κ2) is 11.6. The largest absolute Gasteiger partial charge is 0.444 e. The monoisotopic (exact) mass is 510 g/mol. The van der Waals surface area contributed by atoms with Crippen LogP contribution in [0, 0.1) is 24.7 Å². The standard InChI is InChI=1S/C27H46N2O5S/c1-17(2)14-23-25(31)20(6)24(29(23)26(32)34-27(7,8)9)16-35(33,28-22(15-30)18(3)4)21-12-10-19(5)11-13-21/h10-13,17-18,20,22-25,30-31H,14-16H2,1-9H3/t20-,22-,23-,24-,25-,35+/m0/s1. The smallest absolute Gasteiger partial charge is 0.410 e. The Labute approximate surface area is 212 Å². The van der Waals surface area contributed by atoms with Crippen molar-refractivity contribution >= 4 is 15.8 Å². The molecule has 0 radical (unpaired) electrons. The molecule has 2 N–H and O–H groups in total. The fourth-order valence-electron chi connectivity index (χ4n) is 4.56. The van der Waals surface area contributed by atoms with Crippen molar-refractivity contribution in [1.29, 1.82) is 0 Å². The number of aliphatic hydroxyl groups excluding tert-OH is 2. The SMILES string of the molecule is Cc1ccc([S@](=O)(C[C@H]2[C@H](C)[C@H](O)[C@H](CC(C)C)N2C(=O)OC(C)(C)C)=N[C@@H](CO)C(C)C)cc1. The lowest BCUT2D eigenvalue weighted by Gasteiger charge is -2.34. The summed E-state index contributed by atoms with van der Waals surface area (Å²) in [5.74, 6) is -0.0185. The number of hydrogen-bond acceptors (Lipinski definition) is 6. The number of carbonyl (C=O) groups is 1. The van der Waals surface area contributed by atoms with Crippen molar-refractivity contribution in [2.24, 2.45) is 22.1 Å². The second-order valence-corrected chi connectivity index (χ2v) is 14.0. The maximum atomic E-state index is 14.6. The fraction of sp³-hybridized carbons (Fsp3) is 0.741. The van der Waals surface area contributed by atoms with Crippen molar-refractivity contribution in [2.75, 3.05) is 12.4 Å². The summed E-state index contributed by atoms with van der Waals surface area (Å²) in [4.78, 5) is 15.6. The van der Waals surface area contributed by atoms with Gasteiger partial charge in [0, 0.05) is 10.8 Å². The lowest BCUT2D eigenvalue weighted by Crippen LogP contribution is -2.48. The van der Waals surface area contributed by atoms with Gasteiger partial charge in [0.1, 0.15) is 5.60 Å². The highest BCUT2D eigenvalue weighted by Crippen LogP contribution is 2.37. The van der Waals surface area contributed by atoms with Crippen molar-refractivity contribution in [3.8, 4) is 0 Å². The molecule has 1 saturated heterocycles. The van der Waals surface area contributed by atoms with Gasteiger partial charge in [-0.25, -0.2) is 13.4 Å². The molecule has 7 nitrogen and oxygen atoms in total. The van der Waals surface area contributed by atoms with Crippen molar-refractivity contribution < 1.29 is 24.0 Å². The Bertz CT molecular complexity index is 961. The molecule has 1 aromatic rings. The third-order valence-corrected chi connectivity index (χ3v) is 9.03. The Balaban J connectivity index is 2.63. The van der Waals surface area contributed by atoms with Gasteiger partial charge >= 0.3 is 6.09 Å². The molecule has 1 heterocycles. The quantitative estimate of drug-likeness (QED) is 0.520. The van der Waals surface area contributed by atoms with E-state index < -0.39 is 45.7 Å². The first-order valence-corrected chi connectivity index (χ1v) is 14.4. The Hall–Kier alpha value is -1.64. The number of ether oxygens (including phenoxy) is 1. The van der Waals surface area contributed by atoms with E-state index in [0.29, 0.717) is 11.3 Å². The zero-order valence-corrected chi connectivity index (χ0v) is 23.7. The molecule has 6 atom stereocenters. The van der Waals surface area contributed by atoms with E-state index in [1.165, 1.54) is 0 Å². The van der Waals surface area contributed by atoms with Crippen LogP contribution < -0.4 is 0 Å². The van der Waals surface area contributed by atoms with Crippen molar-refractivity contribution in [2.45, 2.75) is 103 Å². The zero-order chi connectivity index (χ0) is 26.7. The Morgan fingerprint density at radius 3 is 2.17 bits per heavy atom. The third-order valence-electron chi connectivity index (χ3n) is 6.62. The number of benzene rings is 1. The summed E-state index contributed by atoms with van der Waals surface area (Å²) in [5.41, 5.74) is 0.332. The van der Waals surface area contributed by atoms with Gasteiger partial charge in [0.25, 0.3) is 0 Å². The van der Waals surface area contributed by atoms with Crippen LogP contribution in [0.15, 0.2) is 33.5 Å². The van der Waals surface area contributed by atoms with Gasteiger partial charge in [0.05, 0.1) is 46.3 Å². The molecule has 0 saturated carbocycles. The van der Waals surface area contributed by atoms with Gasteiger partial charge in [-0.15, -0.1) is 0 Å². The Morgan fingerprint density at radius 2 is 1.71 bits per heavy atom. The average molecular weight is 511 g/mol. The first kappa shape index (κ1) is 29.6. The fourth-order valence-corrected chi connectivity index (χ4v) is 7.20. The van der Waals surface area contributed by atoms with Crippen LogP contribution in [0.2, 0.25) is 0 Å². The van der Waals surface area contributed by atoms with E-state index in [9.17, 15) is 19.2 Å². The molecule has 2 rings (SSSR count). The van der Waals surface area contributed by atoms with E-state index in [1.807, 2.05) is 72.7 Å². The van der Waals surface area contributed by atoms with E-state index in [0.717, 1.165) is 5.56 Å². The summed E-state index contributed by atoms with van der Waals surface area (Å²) in [6, 6.07) is 5.94. The number of aliphatic hydroxyl groups is 2. The number of aryl methyl sites for hydroxylation is 1. The van der Waals surface area contributed by atoms with Crippen LogP contribution in [0.25, 0.3) is 0 Å². The Kier molecular flexibility index (Phi) is 9.81. The van der Waals surface area contributed by atoms with Crippen LogP contribution in [-0.2, 0) is 14.5 Å². The van der Waals surface area contributed by atoms with E-state index in [4.69, 9.17) is 9.10 Å². The average Bonchev–Trinajstić information content (AvgIpc) is 2.95. The van der Waals surface area contributed by atoms with E-state index in [1.54, 1.807) is 4.90 Å². The lowest BCUT2D eigenvalue weighted by molar-refractivity contribution is 0.00747. The molecule has 1 amide bonds. The van der Waals surface area contributed by atoms with E-state index in [2.05, 4.69) is 13.8 Å². The predicted octanol–water partition coefficient (Wildman–Crippen LogP) is 4.87. The summed E-state index contributed by atoms with van der Waals surface area (Å²) in [5, 5.41) is 21.2. The van der Waals surface area contributed by atoms with Crippen LogP contribution in [0.1, 0.15) is 67.4 Å². The minimum Gasteiger partial charge on any atom is -0.444 e. The van der Waals surface area contributed by atoms with Crippen LogP contribution >= 0.6 is 0 Å². The molecule has 0 aliphatic carbocycles. The van der Waals surface area contributed by atoms with Gasteiger partial charge < -0.3 is 14.9 Å². The van der Waals surface area contributed by atoms with Gasteiger partial charge in [-0.2, -0.15) is 0 Å². The van der Waals surface area contributed by atoms with E-state index >= 15 is 0 Å². The van der Waals surface area contributed by atoms with Crippen LogP contribution in [-0.4, -0.2) is 67.6 Å². The van der Waals surface area contributed by atoms with Crippen molar-refractivity contribution in [3.05, 3.63) is 29.8 Å². The highest BCUT2D eigenvalue weighted by Gasteiger charge is 2.50. The van der Waals surface area contributed by atoms with Gasteiger partial charge in [0.2, 0.25) is 0 Å². The summed E-state index contributed by atoms with van der Waals surface area (Å²) >= 11 is 0. The molecule has 200 valence electrons. The number of rotatable bonds is 8. The molecule has 1 aromatic carbocycles. The molecule has 0 unspecified atom stereocenters. The highest BCUT2D eigenvalue weighted by atomic mass is 32.2. The molecule has 0 bridgehead atoms. The number of amides is 1. The van der Waals surface area contributed by atoms with Crippen LogP contribution in [0.4, 0.5) is 4.79 Å². The van der Waals surface area contributed by atoms with Gasteiger partial charge in [-0.1, -0.05) is 52.3 Å². The van der Waals surface area contributed by atoms with Gasteiger partial charge in [0.15, 0.2) is 0 Å². The summed E-state index contributed by atoms with van der Waals surface area (Å²) < 4.78 is 25.1. The van der Waals surface area contributed by atoms with Gasteiger partial charge in [-0.3, -0.25) is 4.90 Å². The van der Waals surface area contributed by atoms with Crippen molar-refractivity contribution in [3.63, 3.8) is 0 Å². The molecular formula is C27H46N2O5S. The first-order valence-electron chi connectivity index (χ1n) is 12.7. The minimum absolute atomic E-state index is 0.00601. The van der Waals surface area contributed by atoms with E-state index in [-0.39, 0.29) is 30.1 Å². The minimum atomic E-state index is -3.04. The second-order valence-electron chi connectivity index (χ2n) is 11.7. The number of carbonyl (C=O) groups excluding carboxylic acids is 1. The van der Waals surface area contributed by atoms with Crippen molar-refractivity contribution in [1.82, 2.24) is 4.90 Å². The normalized spacial score (nSPS) is 25.6. The summed E-state index contributed by atoms with van der Waals surface area (Å²) in [6.07, 6.45) is -0.671. The topological polar surface area (TPSA) is 99.4 Å². The summed E-state index contributed by atoms with van der Waals surface area (Å²) in [6.45, 7) is 17.1. The Morgan fingerprint density at radius 1 is 1.14 bits per heavy atom. The molecular weight excluding hydrogens is 464 g/mol. The molecule has 1 aliphatic rings. The maximum absolute atomic E-state index is 14.6. The number of hydrogen-bond donors (Lipinski definition) is 2. The number of nitrogens with zero attached hydrogens (tertiary/aromatic N) is 2. The predicted molar refractivity (Wildman–Crippen MR) is 141 cm³/mol. The van der Waals surface area contributed by atoms with Crippen LogP contribution in [0.3, 0.4) is 0 Å². The highest BCUT2D eigenvalue weighted by molar-refractivity contribution is 7.93. The third kappa shape index (κ3) is 7.43. The first-order chi connectivity index (χ1) is 16.1. The van der Waals surface area contributed by atoms with Gasteiger partial charge in [-0.05, 0) is 58.1 Å². The molecule has 1 aliphatic heterocycles.